The van der Waals surface area contributed by atoms with Gasteiger partial charge in [-0.2, -0.15) is 5.10 Å². The van der Waals surface area contributed by atoms with E-state index in [4.69, 9.17) is 9.47 Å². The number of methoxy groups -OCH3 is 1. The van der Waals surface area contributed by atoms with Crippen molar-refractivity contribution in [1.29, 1.82) is 0 Å². The Morgan fingerprint density at radius 2 is 1.95 bits per heavy atom. The molecule has 0 bridgehead atoms. The largest absolute Gasteiger partial charge is 0.497 e. The van der Waals surface area contributed by atoms with Gasteiger partial charge in [0.15, 0.2) is 0 Å². The molecule has 2 aromatic rings. The summed E-state index contributed by atoms with van der Waals surface area (Å²) in [6.07, 6.45) is 1.56. The molecule has 0 fully saturated rings. The van der Waals surface area contributed by atoms with Crippen LogP contribution in [0.1, 0.15) is 22.8 Å². The number of hydrogen-bond donors (Lipinski definition) is 1. The molecular formula is C17H18N2O3. The van der Waals surface area contributed by atoms with Gasteiger partial charge in [0.25, 0.3) is 5.91 Å². The molecule has 0 aromatic heterocycles. The molecule has 1 amide bonds. The third-order valence-electron chi connectivity index (χ3n) is 2.90. The van der Waals surface area contributed by atoms with Gasteiger partial charge < -0.3 is 9.47 Å². The highest BCUT2D eigenvalue weighted by Crippen LogP contribution is 2.12. The van der Waals surface area contributed by atoms with Gasteiger partial charge in [0, 0.05) is 5.56 Å². The van der Waals surface area contributed by atoms with Crippen LogP contribution >= 0.6 is 0 Å². The van der Waals surface area contributed by atoms with E-state index in [1.807, 2.05) is 31.2 Å². The molecule has 0 spiro atoms. The van der Waals surface area contributed by atoms with Crippen LogP contribution in [0.15, 0.2) is 53.6 Å². The second-order valence-corrected chi connectivity index (χ2v) is 4.43. The summed E-state index contributed by atoms with van der Waals surface area (Å²) in [6.45, 7) is 2.50. The summed E-state index contributed by atoms with van der Waals surface area (Å²) >= 11 is 0. The van der Waals surface area contributed by atoms with Gasteiger partial charge in [-0.3, -0.25) is 4.79 Å². The predicted octanol–water partition coefficient (Wildman–Crippen LogP) is 2.86. The zero-order valence-electron chi connectivity index (χ0n) is 12.6. The minimum atomic E-state index is -0.276. The molecule has 5 heteroatoms. The van der Waals surface area contributed by atoms with Crippen molar-refractivity contribution < 1.29 is 14.3 Å². The fourth-order valence-corrected chi connectivity index (χ4v) is 1.82. The minimum Gasteiger partial charge on any atom is -0.497 e. The van der Waals surface area contributed by atoms with E-state index in [1.54, 1.807) is 37.6 Å². The average Bonchev–Trinajstić information content (AvgIpc) is 2.56. The van der Waals surface area contributed by atoms with Crippen molar-refractivity contribution in [2.75, 3.05) is 13.7 Å². The topological polar surface area (TPSA) is 59.9 Å². The molecule has 0 saturated carbocycles. The number of carbonyl (C=O) groups excluding carboxylic acids is 1. The SMILES string of the molecule is CCOc1ccc(C(=O)NN=Cc2cccc(OC)c2)cc1. The Labute approximate surface area is 129 Å². The Kier molecular flexibility index (Phi) is 5.54. The van der Waals surface area contributed by atoms with E-state index in [0.717, 1.165) is 17.1 Å². The molecule has 0 aliphatic heterocycles. The van der Waals surface area contributed by atoms with Crippen LogP contribution in [0, 0.1) is 0 Å². The molecule has 0 aliphatic rings. The van der Waals surface area contributed by atoms with Gasteiger partial charge in [0.1, 0.15) is 11.5 Å². The van der Waals surface area contributed by atoms with E-state index in [0.29, 0.717) is 12.2 Å². The highest BCUT2D eigenvalue weighted by Gasteiger charge is 2.04. The number of benzene rings is 2. The van der Waals surface area contributed by atoms with Crippen LogP contribution in [0.5, 0.6) is 11.5 Å². The lowest BCUT2D eigenvalue weighted by atomic mass is 10.2. The van der Waals surface area contributed by atoms with Crippen molar-refractivity contribution in [1.82, 2.24) is 5.43 Å². The van der Waals surface area contributed by atoms with Crippen LogP contribution in [0.3, 0.4) is 0 Å². The fourth-order valence-electron chi connectivity index (χ4n) is 1.82. The first-order valence-corrected chi connectivity index (χ1v) is 6.93. The van der Waals surface area contributed by atoms with Gasteiger partial charge in [-0.15, -0.1) is 0 Å². The van der Waals surface area contributed by atoms with Gasteiger partial charge in [-0.25, -0.2) is 5.43 Å². The average molecular weight is 298 g/mol. The van der Waals surface area contributed by atoms with Crippen molar-refractivity contribution in [3.63, 3.8) is 0 Å². The zero-order valence-corrected chi connectivity index (χ0v) is 12.6. The second kappa shape index (κ2) is 7.83. The van der Waals surface area contributed by atoms with Crippen LogP contribution in [0.25, 0.3) is 0 Å². The molecular weight excluding hydrogens is 280 g/mol. The molecule has 0 radical (unpaired) electrons. The summed E-state index contributed by atoms with van der Waals surface area (Å²) in [5.41, 5.74) is 3.84. The second-order valence-electron chi connectivity index (χ2n) is 4.43. The summed E-state index contributed by atoms with van der Waals surface area (Å²) in [4.78, 5) is 11.9. The van der Waals surface area contributed by atoms with E-state index >= 15 is 0 Å². The molecule has 2 aromatic carbocycles. The third-order valence-corrected chi connectivity index (χ3v) is 2.90. The van der Waals surface area contributed by atoms with Crippen LogP contribution in [-0.2, 0) is 0 Å². The normalized spacial score (nSPS) is 10.5. The molecule has 0 unspecified atom stereocenters. The lowest BCUT2D eigenvalue weighted by Gasteiger charge is -2.04. The van der Waals surface area contributed by atoms with E-state index in [1.165, 1.54) is 0 Å². The predicted molar refractivity (Wildman–Crippen MR) is 85.7 cm³/mol. The highest BCUT2D eigenvalue weighted by molar-refractivity contribution is 5.95. The lowest BCUT2D eigenvalue weighted by Crippen LogP contribution is -2.17. The molecule has 5 nitrogen and oxygen atoms in total. The standard InChI is InChI=1S/C17H18N2O3/c1-3-22-15-9-7-14(8-10-15)17(20)19-18-12-13-5-4-6-16(11-13)21-2/h4-12H,3H2,1-2H3,(H,19,20). The molecule has 22 heavy (non-hydrogen) atoms. The number of nitrogens with one attached hydrogen (secondary N) is 1. The monoisotopic (exact) mass is 298 g/mol. The number of nitrogens with zero attached hydrogens (tertiary/aromatic N) is 1. The zero-order chi connectivity index (χ0) is 15.8. The summed E-state index contributed by atoms with van der Waals surface area (Å²) < 4.78 is 10.4. The van der Waals surface area contributed by atoms with Crippen molar-refractivity contribution >= 4 is 12.1 Å². The number of rotatable bonds is 6. The first-order valence-electron chi connectivity index (χ1n) is 6.93. The summed E-state index contributed by atoms with van der Waals surface area (Å²) in [7, 11) is 1.60. The van der Waals surface area contributed by atoms with E-state index in [9.17, 15) is 4.79 Å². The maximum absolute atomic E-state index is 11.9. The molecule has 0 saturated heterocycles. The molecule has 0 heterocycles. The van der Waals surface area contributed by atoms with Crippen LogP contribution < -0.4 is 14.9 Å². The summed E-state index contributed by atoms with van der Waals surface area (Å²) in [5.74, 6) is 1.20. The maximum atomic E-state index is 11.9. The third kappa shape index (κ3) is 4.34. The maximum Gasteiger partial charge on any atom is 0.271 e. The number of amides is 1. The Hall–Kier alpha value is -2.82. The quantitative estimate of drug-likeness (QED) is 0.659. The van der Waals surface area contributed by atoms with Crippen LogP contribution in [0.4, 0.5) is 0 Å². The van der Waals surface area contributed by atoms with Crippen LogP contribution in [-0.4, -0.2) is 25.8 Å². The van der Waals surface area contributed by atoms with E-state index in [-0.39, 0.29) is 5.91 Å². The van der Waals surface area contributed by atoms with Gasteiger partial charge >= 0.3 is 0 Å². The molecule has 1 N–H and O–H groups in total. The number of hydrazone groups is 1. The Morgan fingerprint density at radius 1 is 1.18 bits per heavy atom. The highest BCUT2D eigenvalue weighted by atomic mass is 16.5. The van der Waals surface area contributed by atoms with Crippen molar-refractivity contribution in [2.45, 2.75) is 6.92 Å². The molecule has 114 valence electrons. The Bertz CT molecular complexity index is 651. The number of ether oxygens (including phenoxy) is 2. The fraction of sp³-hybridized carbons (Fsp3) is 0.176. The molecule has 2 rings (SSSR count). The number of carbonyl (C=O) groups is 1. The summed E-state index contributed by atoms with van der Waals surface area (Å²) in [6, 6.07) is 14.3. The lowest BCUT2D eigenvalue weighted by molar-refractivity contribution is 0.0955. The Balaban J connectivity index is 1.95. The van der Waals surface area contributed by atoms with E-state index < -0.39 is 0 Å². The Morgan fingerprint density at radius 3 is 2.64 bits per heavy atom. The molecule has 0 atom stereocenters. The first-order chi connectivity index (χ1) is 10.7. The minimum absolute atomic E-state index is 0.276. The van der Waals surface area contributed by atoms with E-state index in [2.05, 4.69) is 10.5 Å². The van der Waals surface area contributed by atoms with Gasteiger partial charge in [-0.05, 0) is 48.9 Å². The van der Waals surface area contributed by atoms with Gasteiger partial charge in [0.05, 0.1) is 19.9 Å². The van der Waals surface area contributed by atoms with Gasteiger partial charge in [0.2, 0.25) is 0 Å². The van der Waals surface area contributed by atoms with Crippen LogP contribution in [0.2, 0.25) is 0 Å². The smallest absolute Gasteiger partial charge is 0.271 e. The van der Waals surface area contributed by atoms with Crippen molar-refractivity contribution in [2.24, 2.45) is 5.10 Å². The number of hydrogen-bond acceptors (Lipinski definition) is 4. The first kappa shape index (κ1) is 15.6. The van der Waals surface area contributed by atoms with Crippen molar-refractivity contribution in [3.05, 3.63) is 59.7 Å². The molecule has 0 aliphatic carbocycles. The van der Waals surface area contributed by atoms with Gasteiger partial charge in [-0.1, -0.05) is 12.1 Å². The summed E-state index contributed by atoms with van der Waals surface area (Å²) in [5, 5.41) is 3.94. The van der Waals surface area contributed by atoms with Crippen molar-refractivity contribution in [3.8, 4) is 11.5 Å².